The number of carbonyl (C=O) groups is 1. The van der Waals surface area contributed by atoms with Crippen molar-refractivity contribution in [3.05, 3.63) is 23.8 Å². The first-order valence-electron chi connectivity index (χ1n) is 7.30. The Balaban J connectivity index is 1.57. The van der Waals surface area contributed by atoms with Crippen LogP contribution in [0.1, 0.15) is 5.69 Å². The Morgan fingerprint density at radius 1 is 1.43 bits per heavy atom. The summed E-state index contributed by atoms with van der Waals surface area (Å²) < 4.78 is 41.9. The van der Waals surface area contributed by atoms with Gasteiger partial charge in [-0.25, -0.2) is 17.6 Å². The van der Waals surface area contributed by atoms with Gasteiger partial charge >= 0.3 is 6.03 Å². The van der Waals surface area contributed by atoms with Gasteiger partial charge in [0.05, 0.1) is 30.9 Å². The fourth-order valence-electron chi connectivity index (χ4n) is 3.22. The molecule has 0 spiro atoms. The third-order valence-corrected chi connectivity index (χ3v) is 6.22. The van der Waals surface area contributed by atoms with Crippen molar-refractivity contribution >= 4 is 15.9 Å². The molecule has 2 aliphatic heterocycles. The minimum absolute atomic E-state index is 0.0115. The van der Waals surface area contributed by atoms with Crippen LogP contribution in [0.15, 0.2) is 12.3 Å². The van der Waals surface area contributed by atoms with Crippen molar-refractivity contribution in [2.75, 3.05) is 31.7 Å². The minimum Gasteiger partial charge on any atom is -0.494 e. The van der Waals surface area contributed by atoms with Crippen molar-refractivity contribution in [1.82, 2.24) is 15.2 Å². The van der Waals surface area contributed by atoms with Crippen LogP contribution >= 0.6 is 0 Å². The van der Waals surface area contributed by atoms with Crippen molar-refractivity contribution in [1.29, 1.82) is 0 Å². The number of halogens is 1. The van der Waals surface area contributed by atoms with Crippen LogP contribution in [0.4, 0.5) is 9.18 Å². The Morgan fingerprint density at radius 2 is 2.09 bits per heavy atom. The van der Waals surface area contributed by atoms with Gasteiger partial charge in [-0.2, -0.15) is 0 Å². The lowest BCUT2D eigenvalue weighted by atomic mass is 10.0. The highest BCUT2D eigenvalue weighted by Crippen LogP contribution is 2.32. The Bertz CT molecular complexity index is 705. The Morgan fingerprint density at radius 3 is 2.70 bits per heavy atom. The number of rotatable bonds is 3. The number of nitrogens with zero attached hydrogens (tertiary/aromatic N) is 2. The smallest absolute Gasteiger partial charge is 0.317 e. The number of hydrogen-bond acceptors (Lipinski definition) is 5. The number of pyridine rings is 1. The highest BCUT2D eigenvalue weighted by molar-refractivity contribution is 7.91. The molecule has 3 heterocycles. The molecule has 1 aromatic heterocycles. The van der Waals surface area contributed by atoms with E-state index in [2.05, 4.69) is 10.3 Å². The lowest BCUT2D eigenvalue weighted by molar-refractivity contribution is 0.205. The normalized spacial score (nSPS) is 25.2. The summed E-state index contributed by atoms with van der Waals surface area (Å²) >= 11 is 0. The van der Waals surface area contributed by atoms with Gasteiger partial charge < -0.3 is 15.0 Å². The van der Waals surface area contributed by atoms with Crippen LogP contribution in [0.3, 0.4) is 0 Å². The summed E-state index contributed by atoms with van der Waals surface area (Å²) in [5.74, 6) is -0.208. The monoisotopic (exact) mass is 343 g/mol. The topological polar surface area (TPSA) is 88.6 Å². The number of likely N-dealkylation sites (tertiary alicyclic amines) is 1. The van der Waals surface area contributed by atoms with Crippen molar-refractivity contribution < 1.29 is 22.3 Å². The molecular weight excluding hydrogens is 325 g/mol. The quantitative estimate of drug-likeness (QED) is 0.859. The first-order valence-corrected chi connectivity index (χ1v) is 9.12. The van der Waals surface area contributed by atoms with Crippen LogP contribution < -0.4 is 10.1 Å². The van der Waals surface area contributed by atoms with Gasteiger partial charge in [-0.15, -0.1) is 0 Å². The number of ether oxygens (including phenoxy) is 1. The fraction of sp³-hybridized carbons (Fsp3) is 0.571. The van der Waals surface area contributed by atoms with Crippen molar-refractivity contribution in [3.63, 3.8) is 0 Å². The lowest BCUT2D eigenvalue weighted by Gasteiger charge is -2.18. The van der Waals surface area contributed by atoms with E-state index in [4.69, 9.17) is 4.74 Å². The van der Waals surface area contributed by atoms with Gasteiger partial charge in [0.2, 0.25) is 0 Å². The van der Waals surface area contributed by atoms with Crippen LogP contribution in [0, 0.1) is 17.7 Å². The third-order valence-electron chi connectivity index (χ3n) is 4.35. The first-order chi connectivity index (χ1) is 10.9. The van der Waals surface area contributed by atoms with Crippen LogP contribution in [-0.2, 0) is 16.4 Å². The number of urea groups is 1. The number of methoxy groups -OCH3 is 1. The molecule has 0 saturated carbocycles. The molecule has 0 unspecified atom stereocenters. The SMILES string of the molecule is COc1ccnc(CNC(=O)N2C[C@@H]3CS(=O)(=O)C[C@@H]3C2)c1F. The molecule has 2 amide bonds. The van der Waals surface area contributed by atoms with E-state index in [1.54, 1.807) is 4.90 Å². The van der Waals surface area contributed by atoms with Gasteiger partial charge in [-0.3, -0.25) is 4.98 Å². The molecule has 0 bridgehead atoms. The van der Waals surface area contributed by atoms with Gasteiger partial charge in [-0.1, -0.05) is 0 Å². The molecule has 1 aromatic rings. The molecular formula is C14H18FN3O4S. The maximum atomic E-state index is 14.0. The summed E-state index contributed by atoms with van der Waals surface area (Å²) in [6.45, 7) is 0.791. The number of sulfone groups is 1. The summed E-state index contributed by atoms with van der Waals surface area (Å²) in [6, 6.07) is 1.07. The molecule has 0 radical (unpaired) electrons. The maximum absolute atomic E-state index is 14.0. The number of amides is 2. The molecule has 23 heavy (non-hydrogen) atoms. The second-order valence-corrected chi connectivity index (χ2v) is 8.09. The van der Waals surface area contributed by atoms with Crippen molar-refractivity contribution in [2.45, 2.75) is 6.54 Å². The molecule has 2 fully saturated rings. The molecule has 126 valence electrons. The van der Waals surface area contributed by atoms with Crippen molar-refractivity contribution in [2.24, 2.45) is 11.8 Å². The van der Waals surface area contributed by atoms with Crippen molar-refractivity contribution in [3.8, 4) is 5.75 Å². The number of aromatic nitrogens is 1. The average Bonchev–Trinajstić information content (AvgIpc) is 2.99. The zero-order valence-electron chi connectivity index (χ0n) is 12.7. The molecule has 2 aliphatic rings. The zero-order chi connectivity index (χ0) is 16.6. The summed E-state index contributed by atoms with van der Waals surface area (Å²) in [5, 5.41) is 2.62. The predicted molar refractivity (Wildman–Crippen MR) is 80.2 cm³/mol. The molecule has 2 saturated heterocycles. The maximum Gasteiger partial charge on any atom is 0.317 e. The van der Waals surface area contributed by atoms with Crippen LogP contribution in [0.5, 0.6) is 5.75 Å². The molecule has 7 nitrogen and oxygen atoms in total. The Hall–Kier alpha value is -1.90. The zero-order valence-corrected chi connectivity index (χ0v) is 13.5. The van der Waals surface area contributed by atoms with E-state index in [0.717, 1.165) is 0 Å². The summed E-state index contributed by atoms with van der Waals surface area (Å²) in [4.78, 5) is 17.6. The van der Waals surface area contributed by atoms with E-state index in [-0.39, 0.29) is 47.4 Å². The predicted octanol–water partition coefficient (Wildman–Crippen LogP) is 0.415. The van der Waals surface area contributed by atoms with E-state index < -0.39 is 15.7 Å². The van der Waals surface area contributed by atoms with Gasteiger partial charge in [0, 0.05) is 25.4 Å². The van der Waals surface area contributed by atoms with Gasteiger partial charge in [0.25, 0.3) is 0 Å². The molecule has 3 rings (SSSR count). The highest BCUT2D eigenvalue weighted by Gasteiger charge is 2.44. The third kappa shape index (κ3) is 3.24. The summed E-state index contributed by atoms with van der Waals surface area (Å²) in [5.41, 5.74) is 0.0969. The number of nitrogens with one attached hydrogen (secondary N) is 1. The van der Waals surface area contributed by atoms with E-state index in [9.17, 15) is 17.6 Å². The average molecular weight is 343 g/mol. The largest absolute Gasteiger partial charge is 0.494 e. The molecule has 2 atom stereocenters. The van der Waals surface area contributed by atoms with Crippen LogP contribution in [0.25, 0.3) is 0 Å². The number of hydrogen-bond donors (Lipinski definition) is 1. The minimum atomic E-state index is -2.96. The van der Waals surface area contributed by atoms with Gasteiger partial charge in [0.15, 0.2) is 21.4 Å². The molecule has 0 aliphatic carbocycles. The van der Waals surface area contributed by atoms with E-state index in [1.165, 1.54) is 19.4 Å². The molecule has 0 aromatic carbocycles. The molecule has 9 heteroatoms. The number of fused-ring (bicyclic) bond motifs is 1. The summed E-state index contributed by atoms with van der Waals surface area (Å²) in [6.07, 6.45) is 1.41. The van der Waals surface area contributed by atoms with E-state index in [0.29, 0.717) is 13.1 Å². The Labute approximate surface area is 133 Å². The second kappa shape index (κ2) is 5.95. The second-order valence-electron chi connectivity index (χ2n) is 5.93. The Kier molecular flexibility index (Phi) is 4.13. The van der Waals surface area contributed by atoms with Crippen LogP contribution in [0.2, 0.25) is 0 Å². The number of carbonyl (C=O) groups excluding carboxylic acids is 1. The van der Waals surface area contributed by atoms with Gasteiger partial charge in [0.1, 0.15) is 0 Å². The highest BCUT2D eigenvalue weighted by atomic mass is 32.2. The standard InChI is InChI=1S/C14H18FN3O4S/c1-22-12-2-3-16-11(13(12)15)4-17-14(19)18-5-9-7-23(20,21)8-10(9)6-18/h2-3,9-10H,4-8H2,1H3,(H,17,19)/t9-,10+. The van der Waals surface area contributed by atoms with Gasteiger partial charge in [-0.05, 0) is 11.8 Å². The summed E-state index contributed by atoms with van der Waals surface area (Å²) in [7, 11) is -1.60. The van der Waals surface area contributed by atoms with E-state index in [1.807, 2.05) is 0 Å². The first kappa shape index (κ1) is 16.0. The lowest BCUT2D eigenvalue weighted by Crippen LogP contribution is -2.39. The molecule has 1 N–H and O–H groups in total. The van der Waals surface area contributed by atoms with E-state index >= 15 is 0 Å². The fourth-order valence-corrected chi connectivity index (χ4v) is 5.42. The van der Waals surface area contributed by atoms with Crippen LogP contribution in [-0.4, -0.2) is 56.0 Å².